The lowest BCUT2D eigenvalue weighted by Crippen LogP contribution is -1.85. The van der Waals surface area contributed by atoms with E-state index in [-0.39, 0.29) is 0 Å². The van der Waals surface area contributed by atoms with E-state index in [0.29, 0.717) is 5.65 Å². The van der Waals surface area contributed by atoms with Crippen LogP contribution < -0.4 is 4.74 Å². The van der Waals surface area contributed by atoms with E-state index in [4.69, 9.17) is 4.74 Å². The Bertz CT molecular complexity index is 780. The van der Waals surface area contributed by atoms with Gasteiger partial charge in [-0.1, -0.05) is 18.2 Å². The smallest absolute Gasteiger partial charge is 0.178 e. The Morgan fingerprint density at radius 2 is 2.10 bits per heavy atom. The van der Waals surface area contributed by atoms with Crippen LogP contribution >= 0.6 is 15.9 Å². The zero-order valence-corrected chi connectivity index (χ0v) is 12.4. The minimum atomic E-state index is 0.702. The van der Waals surface area contributed by atoms with Crippen molar-refractivity contribution in [1.82, 2.24) is 15.0 Å². The number of nitrogens with zero attached hydrogens (tertiary/aromatic N) is 2. The van der Waals surface area contributed by atoms with E-state index in [1.165, 1.54) is 0 Å². The van der Waals surface area contributed by atoms with Gasteiger partial charge in [0.2, 0.25) is 0 Å². The third-order valence-electron chi connectivity index (χ3n) is 2.88. The van der Waals surface area contributed by atoms with Crippen molar-refractivity contribution in [2.75, 3.05) is 7.11 Å². The fourth-order valence-electron chi connectivity index (χ4n) is 1.94. The van der Waals surface area contributed by atoms with Gasteiger partial charge in [0.25, 0.3) is 0 Å². The Morgan fingerprint density at radius 3 is 2.95 bits per heavy atom. The van der Waals surface area contributed by atoms with E-state index in [1.54, 1.807) is 13.3 Å². The molecule has 0 bridgehead atoms. The fourth-order valence-corrected chi connectivity index (χ4v) is 2.28. The van der Waals surface area contributed by atoms with E-state index in [2.05, 4.69) is 30.9 Å². The molecule has 3 rings (SSSR count). The van der Waals surface area contributed by atoms with Gasteiger partial charge in [-0.25, -0.2) is 9.97 Å². The first-order valence-corrected chi connectivity index (χ1v) is 6.88. The van der Waals surface area contributed by atoms with Gasteiger partial charge in [-0.2, -0.15) is 0 Å². The van der Waals surface area contributed by atoms with E-state index < -0.39 is 0 Å². The summed E-state index contributed by atoms with van der Waals surface area (Å²) in [7, 11) is 1.66. The minimum Gasteiger partial charge on any atom is -0.496 e. The molecule has 100 valence electrons. The predicted molar refractivity (Wildman–Crippen MR) is 83.5 cm³/mol. The lowest BCUT2D eigenvalue weighted by atomic mass is 10.2. The monoisotopic (exact) mass is 329 g/mol. The van der Waals surface area contributed by atoms with Crippen molar-refractivity contribution in [3.8, 4) is 5.75 Å². The topological polar surface area (TPSA) is 50.8 Å². The molecule has 0 aliphatic heterocycles. The molecule has 2 aromatic heterocycles. The van der Waals surface area contributed by atoms with Gasteiger partial charge < -0.3 is 9.72 Å². The molecule has 0 fully saturated rings. The first-order valence-electron chi connectivity index (χ1n) is 6.08. The average Bonchev–Trinajstić information content (AvgIpc) is 2.87. The van der Waals surface area contributed by atoms with Gasteiger partial charge in [0.15, 0.2) is 5.65 Å². The van der Waals surface area contributed by atoms with Crippen molar-refractivity contribution in [2.45, 2.75) is 0 Å². The lowest BCUT2D eigenvalue weighted by molar-refractivity contribution is 0.414. The predicted octanol–water partition coefficient (Wildman–Crippen LogP) is 3.90. The maximum Gasteiger partial charge on any atom is 0.178 e. The number of H-pyrrole nitrogens is 1. The number of imidazole rings is 1. The Hall–Kier alpha value is -2.14. The van der Waals surface area contributed by atoms with E-state index in [9.17, 15) is 0 Å². The van der Waals surface area contributed by atoms with Gasteiger partial charge >= 0.3 is 0 Å². The van der Waals surface area contributed by atoms with Crippen LogP contribution in [0.25, 0.3) is 23.3 Å². The highest BCUT2D eigenvalue weighted by molar-refractivity contribution is 9.10. The summed E-state index contributed by atoms with van der Waals surface area (Å²) in [5, 5.41) is 0. The van der Waals surface area contributed by atoms with Gasteiger partial charge in [-0.3, -0.25) is 0 Å². The molecule has 0 radical (unpaired) electrons. The number of ether oxygens (including phenoxy) is 1. The molecule has 0 saturated heterocycles. The highest BCUT2D eigenvalue weighted by atomic mass is 79.9. The summed E-state index contributed by atoms with van der Waals surface area (Å²) in [5.74, 6) is 1.59. The maximum atomic E-state index is 5.31. The molecule has 1 N–H and O–H groups in total. The quantitative estimate of drug-likeness (QED) is 0.792. The van der Waals surface area contributed by atoms with Gasteiger partial charge in [-0.15, -0.1) is 0 Å². The SMILES string of the molecule is COc1ccccc1/C=C/c1nc2ncc(Br)cc2[nH]1. The summed E-state index contributed by atoms with van der Waals surface area (Å²) in [6, 6.07) is 9.79. The number of hydrogen-bond acceptors (Lipinski definition) is 3. The number of rotatable bonds is 3. The standard InChI is InChI=1S/C15H12BrN3O/c1-20-13-5-3-2-4-10(13)6-7-14-18-12-8-11(16)9-17-15(12)19-14/h2-9H,1H3,(H,17,18,19)/b7-6+. The maximum absolute atomic E-state index is 5.31. The molecule has 0 aliphatic carbocycles. The summed E-state index contributed by atoms with van der Waals surface area (Å²) in [4.78, 5) is 11.9. The van der Waals surface area contributed by atoms with Gasteiger partial charge in [0, 0.05) is 16.2 Å². The third kappa shape index (κ3) is 2.58. The number of nitrogens with one attached hydrogen (secondary N) is 1. The average molecular weight is 330 g/mol. The highest BCUT2D eigenvalue weighted by Crippen LogP contribution is 2.20. The van der Waals surface area contributed by atoms with Crippen LogP contribution in [-0.2, 0) is 0 Å². The summed E-state index contributed by atoms with van der Waals surface area (Å²) in [6.45, 7) is 0. The molecule has 5 heteroatoms. The second-order valence-electron chi connectivity index (χ2n) is 4.22. The van der Waals surface area contributed by atoms with Crippen LogP contribution in [0.1, 0.15) is 11.4 Å². The molecule has 20 heavy (non-hydrogen) atoms. The first kappa shape index (κ1) is 12.9. The molecule has 0 atom stereocenters. The van der Waals surface area contributed by atoms with Gasteiger partial charge in [-0.05, 0) is 40.2 Å². The molecule has 0 unspecified atom stereocenters. The molecular formula is C15H12BrN3O. The largest absolute Gasteiger partial charge is 0.496 e. The molecule has 0 spiro atoms. The van der Waals surface area contributed by atoms with Crippen molar-refractivity contribution in [3.05, 3.63) is 52.4 Å². The van der Waals surface area contributed by atoms with Crippen LogP contribution in [0.3, 0.4) is 0 Å². The van der Waals surface area contributed by atoms with Crippen molar-refractivity contribution < 1.29 is 4.74 Å². The van der Waals surface area contributed by atoms with Crippen LogP contribution in [0, 0.1) is 0 Å². The number of benzene rings is 1. The molecule has 3 aromatic rings. The van der Waals surface area contributed by atoms with Crippen LogP contribution in [-0.4, -0.2) is 22.1 Å². The minimum absolute atomic E-state index is 0.702. The number of pyridine rings is 1. The number of para-hydroxylation sites is 1. The van der Waals surface area contributed by atoms with Crippen molar-refractivity contribution in [3.63, 3.8) is 0 Å². The molecule has 0 saturated carbocycles. The fraction of sp³-hybridized carbons (Fsp3) is 0.0667. The third-order valence-corrected chi connectivity index (χ3v) is 3.32. The van der Waals surface area contributed by atoms with Gasteiger partial charge in [0.1, 0.15) is 11.6 Å². The summed E-state index contributed by atoms with van der Waals surface area (Å²) >= 11 is 3.39. The van der Waals surface area contributed by atoms with Crippen molar-refractivity contribution in [2.24, 2.45) is 0 Å². The number of halogens is 1. The number of fused-ring (bicyclic) bond motifs is 1. The summed E-state index contributed by atoms with van der Waals surface area (Å²) < 4.78 is 6.23. The summed E-state index contributed by atoms with van der Waals surface area (Å²) in [5.41, 5.74) is 2.61. The summed E-state index contributed by atoms with van der Waals surface area (Å²) in [6.07, 6.45) is 5.61. The Labute approximate surface area is 124 Å². The number of hydrogen-bond donors (Lipinski definition) is 1. The van der Waals surface area contributed by atoms with E-state index in [0.717, 1.165) is 27.1 Å². The van der Waals surface area contributed by atoms with Crippen LogP contribution in [0.5, 0.6) is 5.75 Å². The number of methoxy groups -OCH3 is 1. The zero-order valence-electron chi connectivity index (χ0n) is 10.8. The number of aromatic nitrogens is 3. The van der Waals surface area contributed by atoms with E-state index in [1.807, 2.05) is 42.5 Å². The first-order chi connectivity index (χ1) is 9.76. The second kappa shape index (κ2) is 5.46. The number of aromatic amines is 1. The Morgan fingerprint density at radius 1 is 1.25 bits per heavy atom. The van der Waals surface area contributed by atoms with Crippen LogP contribution in [0.2, 0.25) is 0 Å². The molecular weight excluding hydrogens is 318 g/mol. The molecule has 2 heterocycles. The van der Waals surface area contributed by atoms with E-state index >= 15 is 0 Å². The van der Waals surface area contributed by atoms with Gasteiger partial charge in [0.05, 0.1) is 12.6 Å². The lowest BCUT2D eigenvalue weighted by Gasteiger charge is -2.02. The highest BCUT2D eigenvalue weighted by Gasteiger charge is 2.02. The Balaban J connectivity index is 1.94. The van der Waals surface area contributed by atoms with Crippen molar-refractivity contribution in [1.29, 1.82) is 0 Å². The molecule has 0 aliphatic rings. The Kier molecular flexibility index (Phi) is 3.52. The van der Waals surface area contributed by atoms with Crippen LogP contribution in [0.15, 0.2) is 41.0 Å². The van der Waals surface area contributed by atoms with Crippen LogP contribution in [0.4, 0.5) is 0 Å². The normalized spacial score (nSPS) is 11.3. The zero-order chi connectivity index (χ0) is 13.9. The molecule has 1 aromatic carbocycles. The second-order valence-corrected chi connectivity index (χ2v) is 5.14. The molecule has 0 amide bonds. The molecule has 4 nitrogen and oxygen atoms in total. The van der Waals surface area contributed by atoms with Crippen molar-refractivity contribution >= 4 is 39.2 Å².